The molecule has 0 amide bonds. The Labute approximate surface area is 179 Å². The van der Waals surface area contributed by atoms with Crippen molar-refractivity contribution in [3.05, 3.63) is 76.5 Å². The highest BCUT2D eigenvalue weighted by Crippen LogP contribution is 2.28. The van der Waals surface area contributed by atoms with Gasteiger partial charge in [-0.2, -0.15) is 19.6 Å². The second kappa shape index (κ2) is 7.52. The molecule has 0 radical (unpaired) electrons. The second-order valence-electron chi connectivity index (χ2n) is 7.45. The number of hydrogen-bond donors (Lipinski definition) is 0. The highest BCUT2D eigenvalue weighted by atomic mass is 19.1. The molecule has 4 aromatic heterocycles. The van der Waals surface area contributed by atoms with Gasteiger partial charge in [0.15, 0.2) is 11.5 Å². The molecule has 32 heavy (non-hydrogen) atoms. The predicted molar refractivity (Wildman–Crippen MR) is 112 cm³/mol. The van der Waals surface area contributed by atoms with Crippen LogP contribution in [0.3, 0.4) is 0 Å². The molecule has 1 aromatic carbocycles. The molecule has 0 aliphatic carbocycles. The summed E-state index contributed by atoms with van der Waals surface area (Å²) in [6.45, 7) is 1.60. The number of halogens is 2. The van der Waals surface area contributed by atoms with Crippen molar-refractivity contribution in [2.75, 3.05) is 0 Å². The van der Waals surface area contributed by atoms with Gasteiger partial charge in [-0.25, -0.2) is 8.78 Å². The number of nitroso groups, excluding NO2 is 1. The van der Waals surface area contributed by atoms with Gasteiger partial charge in [0.05, 0.1) is 17.4 Å². The highest BCUT2D eigenvalue weighted by Gasteiger charge is 2.20. The molecule has 9 nitrogen and oxygen atoms in total. The molecule has 1 atom stereocenters. The van der Waals surface area contributed by atoms with Crippen molar-refractivity contribution in [2.45, 2.75) is 19.4 Å². The maximum absolute atomic E-state index is 15.5. The maximum atomic E-state index is 15.5. The van der Waals surface area contributed by atoms with Crippen LogP contribution in [0.15, 0.2) is 48.0 Å². The first kappa shape index (κ1) is 19.8. The molecule has 0 saturated carbocycles. The van der Waals surface area contributed by atoms with Crippen LogP contribution in [0.1, 0.15) is 30.0 Å². The van der Waals surface area contributed by atoms with E-state index >= 15 is 4.39 Å². The fourth-order valence-electron chi connectivity index (χ4n) is 3.52. The predicted octanol–water partition coefficient (Wildman–Crippen LogP) is 3.77. The lowest BCUT2D eigenvalue weighted by atomic mass is 10.0. The number of aromatic nitrogens is 7. The van der Waals surface area contributed by atoms with E-state index in [0.29, 0.717) is 16.9 Å². The van der Waals surface area contributed by atoms with Gasteiger partial charge in [0.25, 0.3) is 0 Å². The summed E-state index contributed by atoms with van der Waals surface area (Å²) in [5.74, 6) is -1.24. The number of fused-ring (bicyclic) bond motifs is 2. The van der Waals surface area contributed by atoms with Gasteiger partial charge < -0.3 is 0 Å². The molecule has 5 rings (SSSR count). The third kappa shape index (κ3) is 3.27. The fourth-order valence-corrected chi connectivity index (χ4v) is 3.52. The summed E-state index contributed by atoms with van der Waals surface area (Å²) in [6, 6.07) is 5.37. The van der Waals surface area contributed by atoms with Gasteiger partial charge in [-0.05, 0) is 25.1 Å². The quantitative estimate of drug-likeness (QED) is 0.390. The third-order valence-electron chi connectivity index (χ3n) is 5.28. The van der Waals surface area contributed by atoms with Crippen molar-refractivity contribution in [3.63, 3.8) is 0 Å². The molecule has 11 heteroatoms. The molecule has 1 unspecified atom stereocenters. The van der Waals surface area contributed by atoms with Crippen LogP contribution in [0.2, 0.25) is 0 Å². The average Bonchev–Trinajstić information content (AvgIpc) is 3.41. The van der Waals surface area contributed by atoms with Crippen molar-refractivity contribution in [1.29, 1.82) is 0 Å². The Kier molecular flexibility index (Phi) is 4.65. The number of pyridine rings is 1. The summed E-state index contributed by atoms with van der Waals surface area (Å²) in [6.07, 6.45) is 4.79. The van der Waals surface area contributed by atoms with Crippen LogP contribution < -0.4 is 0 Å². The summed E-state index contributed by atoms with van der Waals surface area (Å²) in [5.41, 5.74) is 2.25. The largest absolute Gasteiger partial charge is 0.275 e. The van der Waals surface area contributed by atoms with Crippen molar-refractivity contribution in [3.8, 4) is 11.1 Å². The van der Waals surface area contributed by atoms with E-state index in [4.69, 9.17) is 0 Å². The zero-order valence-corrected chi connectivity index (χ0v) is 17.1. The van der Waals surface area contributed by atoms with Crippen LogP contribution in [0.4, 0.5) is 8.78 Å². The molecular formula is C21H16F2N8O. The third-order valence-corrected chi connectivity index (χ3v) is 5.28. The first-order valence-electron chi connectivity index (χ1n) is 9.74. The Morgan fingerprint density at radius 2 is 1.97 bits per heavy atom. The molecule has 0 bridgehead atoms. The molecule has 0 N–H and O–H groups in total. The van der Waals surface area contributed by atoms with Crippen LogP contribution in [-0.4, -0.2) is 34.6 Å². The molecule has 160 valence electrons. The summed E-state index contributed by atoms with van der Waals surface area (Å²) in [7, 11) is 1.78. The number of benzene rings is 1. The Morgan fingerprint density at radius 3 is 2.72 bits per heavy atom. The molecule has 0 aliphatic heterocycles. The second-order valence-corrected chi connectivity index (χ2v) is 7.45. The SMILES string of the molecule is CC(N=O)c1ccc2nnc(Cc3c(F)cc4ncc(-c5cnn(C)c5)cc4c3F)n2n1. The van der Waals surface area contributed by atoms with Crippen LogP contribution in [0.5, 0.6) is 0 Å². The summed E-state index contributed by atoms with van der Waals surface area (Å²) >= 11 is 0. The normalized spacial score (nSPS) is 12.5. The van der Waals surface area contributed by atoms with Gasteiger partial charge in [-0.3, -0.25) is 9.67 Å². The first-order chi connectivity index (χ1) is 15.4. The lowest BCUT2D eigenvalue weighted by molar-refractivity contribution is 0.565. The van der Waals surface area contributed by atoms with E-state index in [9.17, 15) is 9.30 Å². The van der Waals surface area contributed by atoms with Crippen molar-refractivity contribution in [1.82, 2.24) is 34.6 Å². The zero-order chi connectivity index (χ0) is 22.4. The Morgan fingerprint density at radius 1 is 1.12 bits per heavy atom. The van der Waals surface area contributed by atoms with Gasteiger partial charge in [0.1, 0.15) is 17.7 Å². The van der Waals surface area contributed by atoms with Crippen LogP contribution in [-0.2, 0) is 13.5 Å². The lowest BCUT2D eigenvalue weighted by Gasteiger charge is -2.09. The monoisotopic (exact) mass is 434 g/mol. The van der Waals surface area contributed by atoms with E-state index < -0.39 is 17.7 Å². The minimum atomic E-state index is -0.743. The number of nitrogens with zero attached hydrogens (tertiary/aromatic N) is 8. The van der Waals surface area contributed by atoms with Crippen molar-refractivity contribution in [2.24, 2.45) is 12.2 Å². The number of hydrogen-bond acceptors (Lipinski definition) is 7. The Balaban J connectivity index is 1.60. The van der Waals surface area contributed by atoms with E-state index in [1.165, 1.54) is 10.6 Å². The standard InChI is InChI=1S/C21H16F2N8O/c1-11(29-32)17-3-4-19-26-27-20(31(19)28-17)6-14-16(22)7-18-15(21(14)23)5-12(8-24-18)13-9-25-30(2)10-13/h3-5,7-11H,6H2,1-2H3. The van der Waals surface area contributed by atoms with E-state index in [1.807, 2.05) is 0 Å². The van der Waals surface area contributed by atoms with Crippen LogP contribution in [0.25, 0.3) is 27.7 Å². The molecular weight excluding hydrogens is 418 g/mol. The van der Waals surface area contributed by atoms with Gasteiger partial charge >= 0.3 is 0 Å². The smallest absolute Gasteiger partial charge is 0.177 e. The van der Waals surface area contributed by atoms with E-state index in [2.05, 4.69) is 30.6 Å². The van der Waals surface area contributed by atoms with Gasteiger partial charge in [0, 0.05) is 54.0 Å². The summed E-state index contributed by atoms with van der Waals surface area (Å²) < 4.78 is 33.3. The minimum absolute atomic E-state index is 0.175. The molecule has 4 heterocycles. The number of aryl methyl sites for hydroxylation is 1. The van der Waals surface area contributed by atoms with Crippen molar-refractivity contribution >= 4 is 16.6 Å². The minimum Gasteiger partial charge on any atom is -0.275 e. The summed E-state index contributed by atoms with van der Waals surface area (Å²) in [4.78, 5) is 15.1. The van der Waals surface area contributed by atoms with E-state index in [0.717, 1.165) is 5.56 Å². The van der Waals surface area contributed by atoms with E-state index in [1.54, 1.807) is 55.4 Å². The first-order valence-corrected chi connectivity index (χ1v) is 9.74. The molecule has 0 spiro atoms. The molecule has 0 saturated heterocycles. The van der Waals surface area contributed by atoms with Gasteiger partial charge in [-0.1, -0.05) is 5.18 Å². The average molecular weight is 434 g/mol. The molecule has 0 aliphatic rings. The van der Waals surface area contributed by atoms with Gasteiger partial charge in [0.2, 0.25) is 0 Å². The fraction of sp³-hybridized carbons (Fsp3) is 0.190. The Bertz CT molecular complexity index is 1490. The van der Waals surface area contributed by atoms with Crippen molar-refractivity contribution < 1.29 is 8.78 Å². The number of rotatable bonds is 5. The zero-order valence-electron chi connectivity index (χ0n) is 17.1. The van der Waals surface area contributed by atoms with E-state index in [-0.39, 0.29) is 28.7 Å². The topological polar surface area (TPSA) is 103 Å². The maximum Gasteiger partial charge on any atom is 0.177 e. The Hall–Kier alpha value is -4.15. The summed E-state index contributed by atoms with van der Waals surface area (Å²) in [5, 5.41) is 19.6. The highest BCUT2D eigenvalue weighted by molar-refractivity contribution is 5.84. The van der Waals surface area contributed by atoms with Crippen LogP contribution in [0, 0.1) is 16.5 Å². The molecule has 0 fully saturated rings. The molecule has 5 aromatic rings. The lowest BCUT2D eigenvalue weighted by Crippen LogP contribution is -2.07. The van der Waals surface area contributed by atoms with Crippen LogP contribution >= 0.6 is 0 Å². The van der Waals surface area contributed by atoms with Gasteiger partial charge in [-0.15, -0.1) is 10.2 Å².